The lowest BCUT2D eigenvalue weighted by atomic mass is 9.82. The summed E-state index contributed by atoms with van der Waals surface area (Å²) in [5.41, 5.74) is 0.0484. The summed E-state index contributed by atoms with van der Waals surface area (Å²) in [6, 6.07) is 0. The van der Waals surface area contributed by atoms with Crippen LogP contribution in [-0.4, -0.2) is 36.0 Å². The highest BCUT2D eigenvalue weighted by atomic mass is 32.2. The van der Waals surface area contributed by atoms with E-state index in [0.29, 0.717) is 13.1 Å². The number of sulfonamides is 1. The van der Waals surface area contributed by atoms with Crippen molar-refractivity contribution in [1.29, 1.82) is 0 Å². The Labute approximate surface area is 131 Å². The van der Waals surface area contributed by atoms with Gasteiger partial charge in [0.2, 0.25) is 10.0 Å². The first kappa shape index (κ1) is 15.4. The smallest absolute Gasteiger partial charge is 0.216 e. The zero-order chi connectivity index (χ0) is 14.9. The number of thiazole rings is 1. The van der Waals surface area contributed by atoms with Crippen LogP contribution in [0.15, 0.2) is 11.6 Å². The molecule has 2 heterocycles. The summed E-state index contributed by atoms with van der Waals surface area (Å²) in [6.07, 6.45) is 8.62. The Morgan fingerprint density at radius 2 is 1.90 bits per heavy atom. The highest BCUT2D eigenvalue weighted by molar-refractivity contribution is 7.89. The summed E-state index contributed by atoms with van der Waals surface area (Å²) < 4.78 is 27.3. The SMILES string of the molecule is CC1(c2nccs2)CCN(S(=O)(=O)C2CCCCC2)CC1. The molecule has 0 bridgehead atoms. The first-order chi connectivity index (χ1) is 10.0. The van der Waals surface area contributed by atoms with Gasteiger partial charge in [-0.15, -0.1) is 11.3 Å². The Hall–Kier alpha value is -0.460. The van der Waals surface area contributed by atoms with Gasteiger partial charge in [0.15, 0.2) is 0 Å². The lowest BCUT2D eigenvalue weighted by molar-refractivity contribution is 0.245. The second-order valence-corrected chi connectivity index (χ2v) is 9.71. The van der Waals surface area contributed by atoms with E-state index in [1.54, 1.807) is 15.6 Å². The molecule has 0 unspecified atom stereocenters. The molecule has 2 aliphatic rings. The van der Waals surface area contributed by atoms with E-state index in [2.05, 4.69) is 11.9 Å². The third-order valence-corrected chi connectivity index (χ3v) is 8.59. The minimum Gasteiger partial charge on any atom is -0.249 e. The Morgan fingerprint density at radius 1 is 1.24 bits per heavy atom. The van der Waals surface area contributed by atoms with E-state index in [9.17, 15) is 8.42 Å². The number of rotatable bonds is 3. The van der Waals surface area contributed by atoms with Gasteiger partial charge < -0.3 is 0 Å². The van der Waals surface area contributed by atoms with E-state index >= 15 is 0 Å². The molecule has 2 fully saturated rings. The minimum absolute atomic E-state index is 0.0484. The van der Waals surface area contributed by atoms with E-state index in [-0.39, 0.29) is 10.7 Å². The molecule has 1 aliphatic heterocycles. The predicted octanol–water partition coefficient (Wildman–Crippen LogP) is 3.16. The van der Waals surface area contributed by atoms with E-state index in [0.717, 1.165) is 43.5 Å². The highest BCUT2D eigenvalue weighted by Crippen LogP contribution is 2.38. The zero-order valence-electron chi connectivity index (χ0n) is 12.6. The first-order valence-electron chi connectivity index (χ1n) is 7.91. The van der Waals surface area contributed by atoms with Crippen LogP contribution in [0.3, 0.4) is 0 Å². The minimum atomic E-state index is -3.09. The maximum Gasteiger partial charge on any atom is 0.216 e. The molecule has 0 atom stereocenters. The third kappa shape index (κ3) is 3.03. The van der Waals surface area contributed by atoms with Crippen molar-refractivity contribution in [1.82, 2.24) is 9.29 Å². The number of piperidine rings is 1. The lowest BCUT2D eigenvalue weighted by Crippen LogP contribution is -2.47. The highest BCUT2D eigenvalue weighted by Gasteiger charge is 2.40. The van der Waals surface area contributed by atoms with Gasteiger partial charge >= 0.3 is 0 Å². The van der Waals surface area contributed by atoms with E-state index in [4.69, 9.17) is 0 Å². The molecule has 4 nitrogen and oxygen atoms in total. The van der Waals surface area contributed by atoms with Gasteiger partial charge in [0.1, 0.15) is 0 Å². The summed E-state index contributed by atoms with van der Waals surface area (Å²) in [5.74, 6) is 0. The molecule has 0 aromatic carbocycles. The fourth-order valence-electron chi connectivity index (χ4n) is 3.54. The van der Waals surface area contributed by atoms with Gasteiger partial charge in [0.05, 0.1) is 10.3 Å². The molecule has 3 rings (SSSR count). The van der Waals surface area contributed by atoms with Crippen LogP contribution in [0, 0.1) is 0 Å². The average molecular weight is 329 g/mol. The number of hydrogen-bond donors (Lipinski definition) is 0. The van der Waals surface area contributed by atoms with Crippen molar-refractivity contribution in [3.63, 3.8) is 0 Å². The monoisotopic (exact) mass is 328 g/mol. The summed E-state index contributed by atoms with van der Waals surface area (Å²) >= 11 is 1.69. The predicted molar refractivity (Wildman–Crippen MR) is 86.1 cm³/mol. The topological polar surface area (TPSA) is 50.3 Å². The van der Waals surface area contributed by atoms with Crippen molar-refractivity contribution in [3.05, 3.63) is 16.6 Å². The van der Waals surface area contributed by atoms with Gasteiger partial charge in [0, 0.05) is 30.1 Å². The summed E-state index contributed by atoms with van der Waals surface area (Å²) in [4.78, 5) is 4.44. The fraction of sp³-hybridized carbons (Fsp3) is 0.800. The molecular formula is C15H24N2O2S2. The van der Waals surface area contributed by atoms with Gasteiger partial charge in [-0.1, -0.05) is 26.2 Å². The molecule has 1 aromatic heterocycles. The summed E-state index contributed by atoms with van der Waals surface area (Å²) in [6.45, 7) is 3.51. The number of hydrogen-bond acceptors (Lipinski definition) is 4. The molecule has 1 aromatic rings. The molecule has 0 amide bonds. The number of aromatic nitrogens is 1. The second-order valence-electron chi connectivity index (χ2n) is 6.60. The van der Waals surface area contributed by atoms with E-state index < -0.39 is 10.0 Å². The van der Waals surface area contributed by atoms with Crippen molar-refractivity contribution in [2.45, 2.75) is 62.5 Å². The van der Waals surface area contributed by atoms with Crippen LogP contribution in [0.5, 0.6) is 0 Å². The molecule has 21 heavy (non-hydrogen) atoms. The van der Waals surface area contributed by atoms with Gasteiger partial charge in [0.25, 0.3) is 0 Å². The maximum atomic E-state index is 12.8. The van der Waals surface area contributed by atoms with Crippen LogP contribution in [0.2, 0.25) is 0 Å². The lowest BCUT2D eigenvalue weighted by Gasteiger charge is -2.39. The van der Waals surface area contributed by atoms with Gasteiger partial charge in [-0.2, -0.15) is 0 Å². The third-order valence-electron chi connectivity index (χ3n) is 5.11. The zero-order valence-corrected chi connectivity index (χ0v) is 14.3. The first-order valence-corrected chi connectivity index (χ1v) is 10.3. The van der Waals surface area contributed by atoms with E-state index in [1.807, 2.05) is 11.6 Å². The van der Waals surface area contributed by atoms with Crippen LogP contribution >= 0.6 is 11.3 Å². The van der Waals surface area contributed by atoms with Crippen molar-refractivity contribution < 1.29 is 8.42 Å². The standard InChI is InChI=1S/C15H24N2O2S2/c1-15(14-16-9-12-20-14)7-10-17(11-8-15)21(18,19)13-5-3-2-4-6-13/h9,12-13H,2-8,10-11H2,1H3. The fourth-order valence-corrected chi connectivity index (χ4v) is 6.45. The Morgan fingerprint density at radius 3 is 2.48 bits per heavy atom. The van der Waals surface area contributed by atoms with Crippen molar-refractivity contribution in [3.8, 4) is 0 Å². The maximum absolute atomic E-state index is 12.8. The number of nitrogens with zero attached hydrogens (tertiary/aromatic N) is 2. The van der Waals surface area contributed by atoms with Crippen LogP contribution in [0.4, 0.5) is 0 Å². The summed E-state index contributed by atoms with van der Waals surface area (Å²) in [7, 11) is -3.09. The van der Waals surface area contributed by atoms with Crippen molar-refractivity contribution in [2.75, 3.05) is 13.1 Å². The Kier molecular flexibility index (Phi) is 4.39. The molecule has 0 N–H and O–H groups in total. The van der Waals surface area contributed by atoms with Crippen LogP contribution in [-0.2, 0) is 15.4 Å². The molecule has 0 radical (unpaired) electrons. The summed E-state index contributed by atoms with van der Waals surface area (Å²) in [5, 5.41) is 3.03. The molecule has 0 spiro atoms. The van der Waals surface area contributed by atoms with Crippen LogP contribution in [0.1, 0.15) is 56.9 Å². The molecular weight excluding hydrogens is 304 g/mol. The van der Waals surface area contributed by atoms with Crippen LogP contribution < -0.4 is 0 Å². The molecule has 1 aliphatic carbocycles. The van der Waals surface area contributed by atoms with Crippen molar-refractivity contribution >= 4 is 21.4 Å². The normalized spacial score (nSPS) is 25.0. The van der Waals surface area contributed by atoms with Crippen LogP contribution in [0.25, 0.3) is 0 Å². The molecule has 6 heteroatoms. The Balaban J connectivity index is 1.68. The largest absolute Gasteiger partial charge is 0.249 e. The van der Waals surface area contributed by atoms with Gasteiger partial charge in [-0.05, 0) is 25.7 Å². The molecule has 1 saturated heterocycles. The molecule has 1 saturated carbocycles. The van der Waals surface area contributed by atoms with Gasteiger partial charge in [-0.3, -0.25) is 0 Å². The second kappa shape index (κ2) is 5.97. The Bertz CT molecular complexity index is 555. The van der Waals surface area contributed by atoms with Gasteiger partial charge in [-0.25, -0.2) is 17.7 Å². The average Bonchev–Trinajstić information content (AvgIpc) is 3.04. The van der Waals surface area contributed by atoms with Crippen molar-refractivity contribution in [2.24, 2.45) is 0 Å². The van der Waals surface area contributed by atoms with E-state index in [1.165, 1.54) is 6.42 Å². The quantitative estimate of drug-likeness (QED) is 0.856. The molecule has 118 valence electrons.